The van der Waals surface area contributed by atoms with E-state index in [-0.39, 0.29) is 5.92 Å². The molecule has 0 saturated heterocycles. The molecule has 1 aromatic heterocycles. The number of aromatic amines is 1. The highest BCUT2D eigenvalue weighted by atomic mass is 79.9. The maximum absolute atomic E-state index is 13.2. The zero-order chi connectivity index (χ0) is 21.1. The third-order valence-electron chi connectivity index (χ3n) is 4.06. The number of benzene rings is 1. The maximum Gasteiger partial charge on any atom is 0.408 e. The quantitative estimate of drug-likeness (QED) is 0.612. The number of tetrazole rings is 1. The average molecular weight is 453 g/mol. The van der Waals surface area contributed by atoms with Gasteiger partial charge in [0, 0.05) is 15.6 Å². The van der Waals surface area contributed by atoms with Crippen molar-refractivity contribution in [3.8, 4) is 11.4 Å². The number of aromatic nitrogens is 4. The van der Waals surface area contributed by atoms with Crippen molar-refractivity contribution >= 4 is 33.6 Å². The molecule has 0 bridgehead atoms. The van der Waals surface area contributed by atoms with Crippen molar-refractivity contribution in [2.24, 2.45) is 5.92 Å². The number of anilines is 1. The normalized spacial score (nSPS) is 12.7. The summed E-state index contributed by atoms with van der Waals surface area (Å²) in [6.45, 7) is 9.21. The van der Waals surface area contributed by atoms with Gasteiger partial charge in [-0.1, -0.05) is 29.8 Å². The zero-order valence-electron chi connectivity index (χ0n) is 16.5. The standard InChI is InChI=1S/C18H25BrN6O3/c1-10(2)8-14(25(17(27)28)18(3,4)5)16(26)20-13-7-6-11(19)9-12(13)15-21-23-24-22-15/h6-7,9-10,14H,8H2,1-5H3,(H,20,26)(H,27,28)(H,21,22,23,24). The van der Waals surface area contributed by atoms with Gasteiger partial charge in [0.05, 0.1) is 5.69 Å². The van der Waals surface area contributed by atoms with Crippen molar-refractivity contribution in [3.05, 3.63) is 22.7 Å². The number of halogens is 1. The molecule has 3 N–H and O–H groups in total. The fraction of sp³-hybridized carbons (Fsp3) is 0.500. The molecule has 2 aromatic rings. The van der Waals surface area contributed by atoms with Crippen LogP contribution in [0, 0.1) is 5.92 Å². The van der Waals surface area contributed by atoms with Gasteiger partial charge in [-0.25, -0.2) is 4.79 Å². The number of nitrogens with one attached hydrogen (secondary N) is 2. The van der Waals surface area contributed by atoms with Gasteiger partial charge in [0.25, 0.3) is 0 Å². The Morgan fingerprint density at radius 1 is 1.32 bits per heavy atom. The van der Waals surface area contributed by atoms with Crippen molar-refractivity contribution in [2.75, 3.05) is 5.32 Å². The highest BCUT2D eigenvalue weighted by Gasteiger charge is 2.38. The maximum atomic E-state index is 13.2. The van der Waals surface area contributed by atoms with Crippen LogP contribution in [0.2, 0.25) is 0 Å². The van der Waals surface area contributed by atoms with Gasteiger partial charge < -0.3 is 10.4 Å². The van der Waals surface area contributed by atoms with E-state index in [1.54, 1.807) is 39.0 Å². The minimum absolute atomic E-state index is 0.126. The molecule has 0 saturated carbocycles. The van der Waals surface area contributed by atoms with E-state index in [2.05, 4.69) is 41.9 Å². The van der Waals surface area contributed by atoms with E-state index >= 15 is 0 Å². The predicted molar refractivity (Wildman–Crippen MR) is 109 cm³/mol. The largest absolute Gasteiger partial charge is 0.465 e. The van der Waals surface area contributed by atoms with Gasteiger partial charge in [0.2, 0.25) is 11.7 Å². The Hall–Kier alpha value is -2.49. The van der Waals surface area contributed by atoms with Crippen LogP contribution < -0.4 is 5.32 Å². The van der Waals surface area contributed by atoms with Crippen molar-refractivity contribution in [1.29, 1.82) is 0 Å². The molecule has 152 valence electrons. The number of carbonyl (C=O) groups excluding carboxylic acids is 1. The van der Waals surface area contributed by atoms with Crippen LogP contribution in [0.1, 0.15) is 41.0 Å². The Balaban J connectivity index is 2.40. The lowest BCUT2D eigenvalue weighted by molar-refractivity contribution is -0.123. The van der Waals surface area contributed by atoms with Crippen LogP contribution in [0.25, 0.3) is 11.4 Å². The van der Waals surface area contributed by atoms with Crippen LogP contribution in [-0.4, -0.2) is 54.2 Å². The zero-order valence-corrected chi connectivity index (χ0v) is 18.1. The van der Waals surface area contributed by atoms with Gasteiger partial charge >= 0.3 is 6.09 Å². The number of carboxylic acid groups (broad SMARTS) is 1. The second-order valence-corrected chi connectivity index (χ2v) is 8.80. The molecule has 2 amide bonds. The fourth-order valence-corrected chi connectivity index (χ4v) is 3.33. The van der Waals surface area contributed by atoms with Gasteiger partial charge in [-0.05, 0) is 56.5 Å². The molecule has 1 heterocycles. The van der Waals surface area contributed by atoms with Crippen LogP contribution in [0.5, 0.6) is 0 Å². The van der Waals surface area contributed by atoms with E-state index in [1.165, 1.54) is 4.90 Å². The highest BCUT2D eigenvalue weighted by Crippen LogP contribution is 2.30. The minimum Gasteiger partial charge on any atom is -0.465 e. The summed E-state index contributed by atoms with van der Waals surface area (Å²) in [7, 11) is 0. The summed E-state index contributed by atoms with van der Waals surface area (Å²) >= 11 is 3.39. The van der Waals surface area contributed by atoms with Crippen LogP contribution in [0.15, 0.2) is 22.7 Å². The molecule has 0 aliphatic heterocycles. The number of amides is 2. The summed E-state index contributed by atoms with van der Waals surface area (Å²) < 4.78 is 0.783. The molecule has 1 atom stereocenters. The van der Waals surface area contributed by atoms with Crippen LogP contribution in [0.4, 0.5) is 10.5 Å². The number of nitrogens with zero attached hydrogens (tertiary/aromatic N) is 4. The lowest BCUT2D eigenvalue weighted by Crippen LogP contribution is -2.56. The Morgan fingerprint density at radius 2 is 2.00 bits per heavy atom. The molecule has 0 radical (unpaired) electrons. The third-order valence-corrected chi connectivity index (χ3v) is 4.56. The van der Waals surface area contributed by atoms with Crippen molar-refractivity contribution in [2.45, 2.75) is 52.6 Å². The first-order chi connectivity index (χ1) is 13.0. The Bertz CT molecular complexity index is 832. The monoisotopic (exact) mass is 452 g/mol. The molecule has 0 spiro atoms. The van der Waals surface area contributed by atoms with Gasteiger partial charge in [0.1, 0.15) is 6.04 Å². The molecule has 2 rings (SSSR count). The van der Waals surface area contributed by atoms with Crippen LogP contribution in [-0.2, 0) is 4.79 Å². The van der Waals surface area contributed by atoms with Crippen molar-refractivity contribution < 1.29 is 14.7 Å². The lowest BCUT2D eigenvalue weighted by atomic mass is 9.96. The molecule has 0 aliphatic rings. The predicted octanol–water partition coefficient (Wildman–Crippen LogP) is 3.76. The summed E-state index contributed by atoms with van der Waals surface area (Å²) in [6.07, 6.45) is -0.744. The first kappa shape index (κ1) is 21.8. The van der Waals surface area contributed by atoms with Crippen molar-refractivity contribution in [3.63, 3.8) is 0 Å². The molecule has 0 fully saturated rings. The molecule has 0 aliphatic carbocycles. The smallest absolute Gasteiger partial charge is 0.408 e. The number of hydrogen-bond donors (Lipinski definition) is 3. The molecule has 1 unspecified atom stereocenters. The van der Waals surface area contributed by atoms with E-state index in [0.29, 0.717) is 23.5 Å². The van der Waals surface area contributed by atoms with Crippen molar-refractivity contribution in [1.82, 2.24) is 25.5 Å². The first-order valence-corrected chi connectivity index (χ1v) is 9.66. The summed E-state index contributed by atoms with van der Waals surface area (Å²) in [5.41, 5.74) is 0.305. The minimum atomic E-state index is -1.14. The fourth-order valence-electron chi connectivity index (χ4n) is 2.97. The SMILES string of the molecule is CC(C)CC(C(=O)Nc1ccc(Br)cc1-c1nn[nH]n1)N(C(=O)O)C(C)(C)C. The van der Waals surface area contributed by atoms with E-state index in [1.807, 2.05) is 13.8 Å². The van der Waals surface area contributed by atoms with Gasteiger partial charge in [-0.2, -0.15) is 5.21 Å². The second kappa shape index (κ2) is 8.68. The summed E-state index contributed by atoms with van der Waals surface area (Å²) in [6, 6.07) is 4.40. The summed E-state index contributed by atoms with van der Waals surface area (Å²) in [4.78, 5) is 26.3. The highest BCUT2D eigenvalue weighted by molar-refractivity contribution is 9.10. The summed E-state index contributed by atoms with van der Waals surface area (Å²) in [5, 5.41) is 26.5. The van der Waals surface area contributed by atoms with Crippen LogP contribution in [0.3, 0.4) is 0 Å². The molecule has 28 heavy (non-hydrogen) atoms. The Morgan fingerprint density at radius 3 is 2.50 bits per heavy atom. The first-order valence-electron chi connectivity index (χ1n) is 8.87. The molecule has 1 aromatic carbocycles. The topological polar surface area (TPSA) is 124 Å². The van der Waals surface area contributed by atoms with E-state index in [9.17, 15) is 14.7 Å². The number of carbonyl (C=O) groups is 2. The number of H-pyrrole nitrogens is 1. The lowest BCUT2D eigenvalue weighted by Gasteiger charge is -2.39. The van der Waals surface area contributed by atoms with Gasteiger partial charge in [0.15, 0.2) is 0 Å². The van der Waals surface area contributed by atoms with Gasteiger partial charge in [-0.3, -0.25) is 9.69 Å². The Labute approximate surface area is 172 Å². The second-order valence-electron chi connectivity index (χ2n) is 7.88. The molecule has 10 heteroatoms. The van der Waals surface area contributed by atoms with Crippen LogP contribution >= 0.6 is 15.9 Å². The van der Waals surface area contributed by atoms with E-state index in [4.69, 9.17) is 0 Å². The molecular formula is C18H25BrN6O3. The molecular weight excluding hydrogens is 428 g/mol. The summed E-state index contributed by atoms with van der Waals surface area (Å²) in [5.74, 6) is 0.0440. The third kappa shape index (κ3) is 5.28. The number of rotatable bonds is 6. The van der Waals surface area contributed by atoms with E-state index < -0.39 is 23.6 Å². The number of hydrogen-bond acceptors (Lipinski definition) is 5. The van der Waals surface area contributed by atoms with Gasteiger partial charge in [-0.15, -0.1) is 10.2 Å². The van der Waals surface area contributed by atoms with E-state index in [0.717, 1.165) is 4.47 Å². The Kier molecular flexibility index (Phi) is 6.76. The molecule has 9 nitrogen and oxygen atoms in total. The average Bonchev–Trinajstić information content (AvgIpc) is 3.08.